The minimum atomic E-state index is -2.39. The number of ether oxygens (including phenoxy) is 2. The zero-order valence-electron chi connectivity index (χ0n) is 21.4. The molecule has 1 aliphatic heterocycles. The van der Waals surface area contributed by atoms with E-state index in [4.69, 9.17) is 60.7 Å². The van der Waals surface area contributed by atoms with Crippen LogP contribution in [0.3, 0.4) is 0 Å². The lowest BCUT2D eigenvalue weighted by molar-refractivity contribution is -0.191. The number of likely N-dealkylation sites (tertiary alicyclic amines) is 1. The van der Waals surface area contributed by atoms with Crippen molar-refractivity contribution >= 4 is 64.6 Å². The molecule has 0 aromatic heterocycles. The van der Waals surface area contributed by atoms with Crippen molar-refractivity contribution in [2.45, 2.75) is 61.4 Å². The molecule has 0 spiro atoms. The van der Waals surface area contributed by atoms with Gasteiger partial charge in [-0.2, -0.15) is 5.06 Å². The van der Waals surface area contributed by atoms with E-state index in [1.54, 1.807) is 45.0 Å². The fraction of sp³-hybridized carbons (Fsp3) is 0.423. The number of alkyl halides is 3. The molecule has 2 atom stereocenters. The topological polar surface area (TPSA) is 106 Å². The van der Waals surface area contributed by atoms with Crippen molar-refractivity contribution in [3.05, 3.63) is 70.7 Å². The lowest BCUT2D eigenvalue weighted by Crippen LogP contribution is -2.63. The number of carbonyl (C=O) groups is 3. The third-order valence-corrected chi connectivity index (χ3v) is 6.39. The van der Waals surface area contributed by atoms with Gasteiger partial charge >= 0.3 is 22.1 Å². The molecule has 13 heteroatoms. The molecule has 2 amide bonds. The van der Waals surface area contributed by atoms with E-state index in [0.717, 1.165) is 15.5 Å². The molecule has 2 aromatic rings. The van der Waals surface area contributed by atoms with Gasteiger partial charge in [-0.15, -0.1) is 0 Å². The Morgan fingerprint density at radius 2 is 1.64 bits per heavy atom. The summed E-state index contributed by atoms with van der Waals surface area (Å²) in [6.45, 7) is 4.62. The smallest absolute Gasteiger partial charge is 0.437 e. The third kappa shape index (κ3) is 8.05. The summed E-state index contributed by atoms with van der Waals surface area (Å²) in [5.74, 6) is -1.28. The van der Waals surface area contributed by atoms with Gasteiger partial charge in [0, 0.05) is 11.6 Å². The van der Waals surface area contributed by atoms with Crippen LogP contribution in [-0.4, -0.2) is 55.4 Å². The lowest BCUT2D eigenvalue weighted by atomic mass is 9.79. The number of carbonyl (C=O) groups excluding carboxylic acids is 2. The fourth-order valence-electron chi connectivity index (χ4n) is 4.25. The van der Waals surface area contributed by atoms with E-state index < -0.39 is 39.3 Å². The van der Waals surface area contributed by atoms with Gasteiger partial charge < -0.3 is 14.6 Å². The van der Waals surface area contributed by atoms with Crippen molar-refractivity contribution < 1.29 is 33.8 Å². The first-order chi connectivity index (χ1) is 18.1. The predicted molar refractivity (Wildman–Crippen MR) is 147 cm³/mol. The van der Waals surface area contributed by atoms with Gasteiger partial charge in [-0.3, -0.25) is 9.74 Å². The number of nitrogens with zero attached hydrogens (tertiary/aromatic N) is 2. The highest BCUT2D eigenvalue weighted by molar-refractivity contribution is 6.66. The number of hydroxylamine groups is 2. The molecule has 0 radical (unpaired) electrons. The Balaban J connectivity index is 2.02. The number of aliphatic carboxylic acids is 1. The Kier molecular flexibility index (Phi) is 9.88. The average Bonchev–Trinajstić information content (AvgIpc) is 2.83. The van der Waals surface area contributed by atoms with Crippen LogP contribution in [0.5, 0.6) is 0 Å². The molecular formula is C26H28Cl4N2O7. The highest BCUT2D eigenvalue weighted by Crippen LogP contribution is 2.41. The average molecular weight is 622 g/mol. The summed E-state index contributed by atoms with van der Waals surface area (Å²) in [6.07, 6.45) is -2.06. The van der Waals surface area contributed by atoms with Gasteiger partial charge in [-0.1, -0.05) is 54.1 Å². The van der Waals surface area contributed by atoms with E-state index in [0.29, 0.717) is 10.6 Å². The van der Waals surface area contributed by atoms with Crippen LogP contribution in [0.15, 0.2) is 54.6 Å². The Labute approximate surface area is 246 Å². The van der Waals surface area contributed by atoms with Gasteiger partial charge in [0.25, 0.3) is 0 Å². The minimum absolute atomic E-state index is 0.0556. The van der Waals surface area contributed by atoms with Crippen LogP contribution < -0.4 is 0 Å². The zero-order valence-corrected chi connectivity index (χ0v) is 24.4. The van der Waals surface area contributed by atoms with Crippen LogP contribution in [0.2, 0.25) is 5.02 Å². The lowest BCUT2D eigenvalue weighted by Gasteiger charge is -2.48. The number of rotatable bonds is 6. The molecule has 0 bridgehead atoms. The molecule has 9 nitrogen and oxygen atoms in total. The van der Waals surface area contributed by atoms with Crippen LogP contribution >= 0.6 is 46.4 Å². The highest BCUT2D eigenvalue weighted by atomic mass is 35.6. The van der Waals surface area contributed by atoms with Crippen molar-refractivity contribution in [3.63, 3.8) is 0 Å². The van der Waals surface area contributed by atoms with E-state index >= 15 is 0 Å². The van der Waals surface area contributed by atoms with Gasteiger partial charge in [0.05, 0.1) is 6.04 Å². The molecule has 39 heavy (non-hydrogen) atoms. The molecule has 1 N–H and O–H groups in total. The quantitative estimate of drug-likeness (QED) is 0.276. The van der Waals surface area contributed by atoms with Crippen LogP contribution in [0.4, 0.5) is 9.59 Å². The summed E-state index contributed by atoms with van der Waals surface area (Å²) in [5.41, 5.74) is -1.73. The summed E-state index contributed by atoms with van der Waals surface area (Å²) in [5, 5.41) is 11.8. The summed E-state index contributed by atoms with van der Waals surface area (Å²) >= 11 is 23.1. The maximum absolute atomic E-state index is 13.5. The molecule has 1 heterocycles. The number of hydrogen-bond acceptors (Lipinski definition) is 6. The fourth-order valence-corrected chi connectivity index (χ4v) is 4.57. The first kappa shape index (κ1) is 31.1. The van der Waals surface area contributed by atoms with Crippen LogP contribution in [0, 0.1) is 0 Å². The minimum Gasteiger partial charge on any atom is -0.479 e. The molecule has 1 saturated heterocycles. The van der Waals surface area contributed by atoms with Crippen molar-refractivity contribution in [2.75, 3.05) is 6.54 Å². The Hall–Kier alpha value is -2.43. The molecule has 0 aliphatic carbocycles. The number of amides is 2. The van der Waals surface area contributed by atoms with Crippen molar-refractivity contribution in [1.29, 1.82) is 0 Å². The monoisotopic (exact) mass is 620 g/mol. The van der Waals surface area contributed by atoms with E-state index in [1.165, 1.54) is 24.3 Å². The molecule has 0 saturated carbocycles. The van der Waals surface area contributed by atoms with Crippen molar-refractivity contribution in [3.8, 4) is 0 Å². The number of piperidine rings is 1. The maximum atomic E-state index is 13.5. The largest absolute Gasteiger partial charge is 0.479 e. The molecular weight excluding hydrogens is 594 g/mol. The van der Waals surface area contributed by atoms with E-state index in [-0.39, 0.29) is 26.0 Å². The number of carboxylic acids is 1. The molecule has 0 unspecified atom stereocenters. The predicted octanol–water partition coefficient (Wildman–Crippen LogP) is 6.92. The summed E-state index contributed by atoms with van der Waals surface area (Å²) < 4.78 is 8.10. The Morgan fingerprint density at radius 3 is 2.18 bits per heavy atom. The summed E-state index contributed by atoms with van der Waals surface area (Å²) in [4.78, 5) is 46.3. The zero-order chi connectivity index (χ0) is 29.0. The second-order valence-electron chi connectivity index (χ2n) is 9.85. The van der Waals surface area contributed by atoms with Gasteiger partial charge in [-0.25, -0.2) is 14.4 Å². The van der Waals surface area contributed by atoms with E-state index in [1.807, 2.05) is 6.07 Å². The second kappa shape index (κ2) is 12.4. The standard InChI is InChI=1S/C26H28Cl4N2O7/c1-24(2,3)38-22(35)31-15-20(13-14-25(31,21(33)34)18-9-11-19(27)12-10-18)32(23(36)39-26(28,29)30)37-16-17-7-5-4-6-8-17/h4-12,20H,13-16H2,1-3H3,(H,33,34)/t20-,25+/m1/s1. The Bertz CT molecular complexity index is 1170. The molecule has 212 valence electrons. The summed E-state index contributed by atoms with van der Waals surface area (Å²) in [6, 6.07) is 14.2. The van der Waals surface area contributed by atoms with Crippen molar-refractivity contribution in [2.24, 2.45) is 0 Å². The second-order valence-corrected chi connectivity index (χ2v) is 12.5. The van der Waals surface area contributed by atoms with Gasteiger partial charge in [-0.05, 0) is 91.7 Å². The normalized spacial score (nSPS) is 19.8. The van der Waals surface area contributed by atoms with Crippen LogP contribution in [-0.2, 0) is 31.3 Å². The van der Waals surface area contributed by atoms with Gasteiger partial charge in [0.15, 0.2) is 5.54 Å². The maximum Gasteiger partial charge on any atom is 0.437 e. The highest BCUT2D eigenvalue weighted by Gasteiger charge is 2.54. The number of hydrogen-bond donors (Lipinski definition) is 1. The van der Waals surface area contributed by atoms with E-state index in [9.17, 15) is 19.5 Å². The molecule has 2 aromatic carbocycles. The molecule has 3 rings (SSSR count). The number of benzene rings is 2. The van der Waals surface area contributed by atoms with E-state index in [2.05, 4.69) is 0 Å². The molecule has 1 aliphatic rings. The molecule has 1 fully saturated rings. The Morgan fingerprint density at radius 1 is 1.03 bits per heavy atom. The van der Waals surface area contributed by atoms with Crippen molar-refractivity contribution in [1.82, 2.24) is 9.96 Å². The van der Waals surface area contributed by atoms with Crippen LogP contribution in [0.25, 0.3) is 0 Å². The first-order valence-electron chi connectivity index (χ1n) is 11.9. The van der Waals surface area contributed by atoms with Crippen LogP contribution in [0.1, 0.15) is 44.7 Å². The number of carboxylic acid groups (broad SMARTS) is 1. The SMILES string of the molecule is CC(C)(C)OC(=O)N1C[C@H](N(OCc2ccccc2)C(=O)OC(Cl)(Cl)Cl)CC[C@@]1(C(=O)O)c1ccc(Cl)cc1. The third-order valence-electron chi connectivity index (χ3n) is 5.91. The first-order valence-corrected chi connectivity index (χ1v) is 13.4. The number of halogens is 4. The van der Waals surface area contributed by atoms with Gasteiger partial charge in [0.2, 0.25) is 0 Å². The van der Waals surface area contributed by atoms with Gasteiger partial charge in [0.1, 0.15) is 12.2 Å². The summed E-state index contributed by atoms with van der Waals surface area (Å²) in [7, 11) is 0.